The number of urea groups is 1. The largest absolute Gasteiger partial charge is 0.391 e. The summed E-state index contributed by atoms with van der Waals surface area (Å²) < 4.78 is 1.77. The van der Waals surface area contributed by atoms with Crippen molar-refractivity contribution in [3.63, 3.8) is 0 Å². The number of para-hydroxylation sites is 1. The second-order valence-electron chi connectivity index (χ2n) is 5.79. The quantitative estimate of drug-likeness (QED) is 0.696. The van der Waals surface area contributed by atoms with E-state index in [9.17, 15) is 9.90 Å². The highest BCUT2D eigenvalue weighted by Crippen LogP contribution is 2.13. The van der Waals surface area contributed by atoms with Crippen LogP contribution in [0.2, 0.25) is 0 Å². The maximum atomic E-state index is 12.0. The van der Waals surface area contributed by atoms with Gasteiger partial charge in [-0.3, -0.25) is 0 Å². The first kappa shape index (κ1) is 18.0. The molecule has 1 aromatic heterocycles. The molecule has 0 bridgehead atoms. The molecule has 24 heavy (non-hydrogen) atoms. The fourth-order valence-corrected chi connectivity index (χ4v) is 2.73. The number of hydrogen-bond acceptors (Lipinski definition) is 3. The number of aliphatic hydroxyl groups is 1. The number of amides is 2. The third-order valence-corrected chi connectivity index (χ3v) is 4.25. The summed E-state index contributed by atoms with van der Waals surface area (Å²) in [7, 11) is 0. The molecule has 3 N–H and O–H groups in total. The van der Waals surface area contributed by atoms with Crippen molar-refractivity contribution >= 4 is 6.03 Å². The van der Waals surface area contributed by atoms with E-state index < -0.39 is 6.10 Å². The Morgan fingerprint density at radius 1 is 1.21 bits per heavy atom. The Kier molecular flexibility index (Phi) is 6.81. The van der Waals surface area contributed by atoms with Crippen LogP contribution in [-0.2, 0) is 6.54 Å². The highest BCUT2D eigenvalue weighted by atomic mass is 16.3. The third-order valence-electron chi connectivity index (χ3n) is 4.25. The molecule has 1 atom stereocenters. The van der Waals surface area contributed by atoms with Crippen LogP contribution in [0, 0.1) is 5.92 Å². The molecular weight excluding hydrogens is 304 g/mol. The molecule has 0 radical (unpaired) electrons. The molecule has 0 spiro atoms. The van der Waals surface area contributed by atoms with E-state index in [1.165, 1.54) is 0 Å². The number of aliphatic hydroxyl groups excluding tert-OH is 1. The Bertz CT molecular complexity index is 624. The smallest absolute Gasteiger partial charge is 0.315 e. The molecule has 2 rings (SSSR count). The average molecular weight is 330 g/mol. The lowest BCUT2D eigenvalue weighted by molar-refractivity contribution is 0.103. The second kappa shape index (κ2) is 9.08. The summed E-state index contributed by atoms with van der Waals surface area (Å²) in [5.74, 6) is 0.214. The molecule has 6 heteroatoms. The predicted molar refractivity (Wildman–Crippen MR) is 93.9 cm³/mol. The lowest BCUT2D eigenvalue weighted by Crippen LogP contribution is -2.41. The van der Waals surface area contributed by atoms with Gasteiger partial charge in [-0.05, 0) is 23.6 Å². The van der Waals surface area contributed by atoms with Gasteiger partial charge in [-0.1, -0.05) is 44.9 Å². The molecule has 2 amide bonds. The van der Waals surface area contributed by atoms with Crippen LogP contribution in [0.15, 0.2) is 42.7 Å². The second-order valence-corrected chi connectivity index (χ2v) is 5.79. The SMILES string of the molecule is CCC(CC)C(O)CNC(=O)NCc1ccccc1-n1cccn1. The first-order valence-corrected chi connectivity index (χ1v) is 8.43. The van der Waals surface area contributed by atoms with Crippen molar-refractivity contribution in [2.45, 2.75) is 39.3 Å². The lowest BCUT2D eigenvalue weighted by atomic mass is 9.97. The van der Waals surface area contributed by atoms with Crippen LogP contribution >= 0.6 is 0 Å². The normalized spacial score (nSPS) is 12.2. The third kappa shape index (κ3) is 4.83. The summed E-state index contributed by atoms with van der Waals surface area (Å²) in [5, 5.41) is 19.8. The summed E-state index contributed by atoms with van der Waals surface area (Å²) in [6.45, 7) is 4.75. The number of benzene rings is 1. The Balaban J connectivity index is 1.87. The van der Waals surface area contributed by atoms with E-state index in [1.807, 2.05) is 50.4 Å². The van der Waals surface area contributed by atoms with E-state index in [0.717, 1.165) is 24.1 Å². The number of nitrogens with zero attached hydrogens (tertiary/aromatic N) is 2. The minimum absolute atomic E-state index is 0.214. The highest BCUT2D eigenvalue weighted by molar-refractivity contribution is 5.74. The fraction of sp³-hybridized carbons (Fsp3) is 0.444. The maximum absolute atomic E-state index is 12.0. The zero-order valence-corrected chi connectivity index (χ0v) is 14.3. The molecule has 1 aromatic carbocycles. The molecule has 0 aliphatic carbocycles. The monoisotopic (exact) mass is 330 g/mol. The van der Waals surface area contributed by atoms with Crippen LogP contribution in [0.25, 0.3) is 5.69 Å². The molecule has 130 valence electrons. The summed E-state index contributed by atoms with van der Waals surface area (Å²) in [6.07, 6.45) is 4.87. The molecule has 0 aliphatic rings. The van der Waals surface area contributed by atoms with E-state index in [2.05, 4.69) is 15.7 Å². The number of rotatable bonds is 8. The van der Waals surface area contributed by atoms with Crippen molar-refractivity contribution in [2.75, 3.05) is 6.54 Å². The number of aromatic nitrogens is 2. The molecule has 1 unspecified atom stereocenters. The first-order chi connectivity index (χ1) is 11.7. The Morgan fingerprint density at radius 2 is 1.96 bits per heavy atom. The van der Waals surface area contributed by atoms with Gasteiger partial charge in [-0.15, -0.1) is 0 Å². The molecule has 2 aromatic rings. The van der Waals surface area contributed by atoms with E-state index in [0.29, 0.717) is 6.54 Å². The molecule has 0 saturated carbocycles. The van der Waals surface area contributed by atoms with Crippen molar-refractivity contribution in [1.29, 1.82) is 0 Å². The van der Waals surface area contributed by atoms with Gasteiger partial charge in [0, 0.05) is 25.5 Å². The van der Waals surface area contributed by atoms with Gasteiger partial charge >= 0.3 is 6.03 Å². The summed E-state index contributed by atoms with van der Waals surface area (Å²) in [6, 6.07) is 9.35. The van der Waals surface area contributed by atoms with E-state index >= 15 is 0 Å². The van der Waals surface area contributed by atoms with Crippen molar-refractivity contribution in [3.8, 4) is 5.69 Å². The van der Waals surface area contributed by atoms with Gasteiger partial charge in [0.25, 0.3) is 0 Å². The Morgan fingerprint density at radius 3 is 2.62 bits per heavy atom. The van der Waals surface area contributed by atoms with Crippen molar-refractivity contribution in [2.24, 2.45) is 5.92 Å². The maximum Gasteiger partial charge on any atom is 0.315 e. The van der Waals surface area contributed by atoms with Gasteiger partial charge in [0.2, 0.25) is 0 Å². The van der Waals surface area contributed by atoms with Crippen LogP contribution < -0.4 is 10.6 Å². The molecule has 6 nitrogen and oxygen atoms in total. The van der Waals surface area contributed by atoms with Gasteiger partial charge in [-0.2, -0.15) is 5.10 Å². The topological polar surface area (TPSA) is 79.2 Å². The van der Waals surface area contributed by atoms with Gasteiger partial charge < -0.3 is 15.7 Å². The first-order valence-electron chi connectivity index (χ1n) is 8.43. The van der Waals surface area contributed by atoms with Crippen molar-refractivity contribution in [3.05, 3.63) is 48.3 Å². The molecular formula is C18H26N4O2. The van der Waals surface area contributed by atoms with Crippen LogP contribution in [0.4, 0.5) is 4.79 Å². The summed E-state index contributed by atoms with van der Waals surface area (Å²) in [4.78, 5) is 12.0. The average Bonchev–Trinajstić information content (AvgIpc) is 3.14. The van der Waals surface area contributed by atoms with Crippen molar-refractivity contribution in [1.82, 2.24) is 20.4 Å². The minimum Gasteiger partial charge on any atom is -0.391 e. The summed E-state index contributed by atoms with van der Waals surface area (Å²) in [5.41, 5.74) is 1.90. The minimum atomic E-state index is -0.512. The van der Waals surface area contributed by atoms with Crippen LogP contribution in [0.3, 0.4) is 0 Å². The van der Waals surface area contributed by atoms with Gasteiger partial charge in [0.1, 0.15) is 0 Å². The highest BCUT2D eigenvalue weighted by Gasteiger charge is 2.16. The molecule has 0 saturated heterocycles. The number of carbonyl (C=O) groups excluding carboxylic acids is 1. The Labute approximate surface area is 142 Å². The van der Waals surface area contributed by atoms with Crippen LogP contribution in [-0.4, -0.2) is 33.6 Å². The lowest BCUT2D eigenvalue weighted by Gasteiger charge is -2.20. The summed E-state index contributed by atoms with van der Waals surface area (Å²) >= 11 is 0. The van der Waals surface area contributed by atoms with E-state index in [-0.39, 0.29) is 18.5 Å². The number of hydrogen-bond donors (Lipinski definition) is 3. The fourth-order valence-electron chi connectivity index (χ4n) is 2.73. The zero-order chi connectivity index (χ0) is 17.4. The van der Waals surface area contributed by atoms with E-state index in [1.54, 1.807) is 10.9 Å². The zero-order valence-electron chi connectivity index (χ0n) is 14.3. The molecule has 0 fully saturated rings. The van der Waals surface area contributed by atoms with Gasteiger partial charge in [-0.25, -0.2) is 9.48 Å². The van der Waals surface area contributed by atoms with E-state index in [4.69, 9.17) is 0 Å². The number of carbonyl (C=O) groups is 1. The standard InChI is InChI=1S/C18H26N4O2/c1-3-14(4-2)17(23)13-20-18(24)19-12-15-8-5-6-9-16(15)22-11-7-10-21-22/h5-11,14,17,23H,3-4,12-13H2,1-2H3,(H2,19,20,24). The van der Waals surface area contributed by atoms with Crippen molar-refractivity contribution < 1.29 is 9.90 Å². The molecule has 1 heterocycles. The number of nitrogens with one attached hydrogen (secondary N) is 2. The predicted octanol–water partition coefficient (Wildman–Crippen LogP) is 2.47. The van der Waals surface area contributed by atoms with Crippen LogP contribution in [0.5, 0.6) is 0 Å². The Hall–Kier alpha value is -2.34. The van der Waals surface area contributed by atoms with Crippen LogP contribution in [0.1, 0.15) is 32.3 Å². The van der Waals surface area contributed by atoms with Gasteiger partial charge in [0.05, 0.1) is 11.8 Å². The molecule has 0 aliphatic heterocycles. The van der Waals surface area contributed by atoms with Gasteiger partial charge in [0.15, 0.2) is 0 Å².